The van der Waals surface area contributed by atoms with Crippen LogP contribution in [0.2, 0.25) is 0 Å². The van der Waals surface area contributed by atoms with Crippen LogP contribution in [0.3, 0.4) is 0 Å². The molecule has 0 aliphatic carbocycles. The van der Waals surface area contributed by atoms with E-state index in [0.717, 1.165) is 38.0 Å². The van der Waals surface area contributed by atoms with E-state index >= 15 is 0 Å². The van der Waals surface area contributed by atoms with Crippen LogP contribution >= 0.6 is 0 Å². The highest BCUT2D eigenvalue weighted by Crippen LogP contribution is 2.10. The predicted octanol–water partition coefficient (Wildman–Crippen LogP) is 3.48. The molecule has 2 aromatic carbocycles. The minimum atomic E-state index is 0.679. The zero-order valence-electron chi connectivity index (χ0n) is 12.5. The van der Waals surface area contributed by atoms with Gasteiger partial charge in [0.2, 0.25) is 0 Å². The molecule has 0 fully saturated rings. The highest BCUT2D eigenvalue weighted by molar-refractivity contribution is 5.74. The molecule has 0 radical (unpaired) electrons. The summed E-state index contributed by atoms with van der Waals surface area (Å²) in [6.07, 6.45) is 2.81. The first-order chi connectivity index (χ1) is 10.3. The van der Waals surface area contributed by atoms with Crippen LogP contribution in [-0.2, 0) is 6.42 Å². The summed E-state index contributed by atoms with van der Waals surface area (Å²) in [5.74, 6) is 0.822. The number of carbonyl (C=O) groups is 1. The summed E-state index contributed by atoms with van der Waals surface area (Å²) in [6, 6.07) is 17.4. The van der Waals surface area contributed by atoms with E-state index in [2.05, 4.69) is 19.1 Å². The van der Waals surface area contributed by atoms with Crippen molar-refractivity contribution in [1.29, 1.82) is 0 Å². The SMILES string of the molecule is CCCOc1ccc(C=O)cc1.NCCc1ccccc1. The molecule has 0 aliphatic rings. The van der Waals surface area contributed by atoms with E-state index in [1.165, 1.54) is 5.56 Å². The second kappa shape index (κ2) is 10.6. The standard InChI is InChI=1S/C10H12O2.C8H11N/c1-2-7-12-10-5-3-9(8-11)4-6-10;9-7-6-8-4-2-1-3-5-8/h3-6,8H,2,7H2,1H3;1-5H,6-7,9H2. The first kappa shape index (κ1) is 16.9. The van der Waals surface area contributed by atoms with Gasteiger partial charge in [0.05, 0.1) is 6.61 Å². The predicted molar refractivity (Wildman–Crippen MR) is 86.8 cm³/mol. The highest BCUT2D eigenvalue weighted by Gasteiger charge is 1.92. The van der Waals surface area contributed by atoms with E-state index in [0.29, 0.717) is 5.56 Å². The third-order valence-corrected chi connectivity index (χ3v) is 2.76. The molecule has 0 atom stereocenters. The molecule has 2 aromatic rings. The smallest absolute Gasteiger partial charge is 0.150 e. The Morgan fingerprint density at radius 2 is 1.71 bits per heavy atom. The number of benzene rings is 2. The summed E-state index contributed by atoms with van der Waals surface area (Å²) in [6.45, 7) is 3.52. The number of nitrogens with two attached hydrogens (primary N) is 1. The number of rotatable bonds is 6. The molecule has 0 aliphatic heterocycles. The second-order valence-corrected chi connectivity index (χ2v) is 4.56. The van der Waals surface area contributed by atoms with Gasteiger partial charge in [-0.15, -0.1) is 0 Å². The van der Waals surface area contributed by atoms with Crippen LogP contribution in [0.5, 0.6) is 5.75 Å². The summed E-state index contributed by atoms with van der Waals surface area (Å²) in [4.78, 5) is 10.3. The molecule has 112 valence electrons. The number of aldehydes is 1. The lowest BCUT2D eigenvalue weighted by Crippen LogP contribution is -2.01. The second-order valence-electron chi connectivity index (χ2n) is 4.56. The first-order valence-corrected chi connectivity index (χ1v) is 7.22. The van der Waals surface area contributed by atoms with Crippen LogP contribution in [0, 0.1) is 0 Å². The summed E-state index contributed by atoms with van der Waals surface area (Å²) in [5.41, 5.74) is 7.36. The highest BCUT2D eigenvalue weighted by atomic mass is 16.5. The Labute approximate surface area is 126 Å². The van der Waals surface area contributed by atoms with E-state index in [4.69, 9.17) is 10.5 Å². The molecule has 2 N–H and O–H groups in total. The molecule has 0 bridgehead atoms. The van der Waals surface area contributed by atoms with Crippen LogP contribution in [0.25, 0.3) is 0 Å². The van der Waals surface area contributed by atoms with Crippen LogP contribution in [0.4, 0.5) is 0 Å². The van der Waals surface area contributed by atoms with Gasteiger partial charge in [-0.25, -0.2) is 0 Å². The van der Waals surface area contributed by atoms with Crippen molar-refractivity contribution in [3.8, 4) is 5.75 Å². The van der Waals surface area contributed by atoms with Crippen LogP contribution in [0.1, 0.15) is 29.3 Å². The molecule has 0 amide bonds. The van der Waals surface area contributed by atoms with Crippen molar-refractivity contribution < 1.29 is 9.53 Å². The van der Waals surface area contributed by atoms with Crippen LogP contribution in [0.15, 0.2) is 54.6 Å². The summed E-state index contributed by atoms with van der Waals surface area (Å²) in [5, 5.41) is 0. The third kappa shape index (κ3) is 7.28. The van der Waals surface area contributed by atoms with Crippen molar-refractivity contribution in [3.05, 3.63) is 65.7 Å². The lowest BCUT2D eigenvalue weighted by molar-refractivity contribution is 0.112. The normalized spacial score (nSPS) is 9.43. The number of hydrogen-bond acceptors (Lipinski definition) is 3. The van der Waals surface area contributed by atoms with Crippen molar-refractivity contribution in [2.75, 3.05) is 13.2 Å². The minimum absolute atomic E-state index is 0.679. The Morgan fingerprint density at radius 1 is 1.05 bits per heavy atom. The fraction of sp³-hybridized carbons (Fsp3) is 0.278. The van der Waals surface area contributed by atoms with Gasteiger partial charge in [-0.05, 0) is 49.2 Å². The number of carbonyl (C=O) groups excluding carboxylic acids is 1. The molecular weight excluding hydrogens is 262 g/mol. The zero-order valence-corrected chi connectivity index (χ0v) is 12.5. The van der Waals surface area contributed by atoms with Crippen molar-refractivity contribution in [1.82, 2.24) is 0 Å². The Morgan fingerprint density at radius 3 is 2.24 bits per heavy atom. The number of ether oxygens (including phenoxy) is 1. The molecule has 3 heteroatoms. The maximum Gasteiger partial charge on any atom is 0.150 e. The van der Waals surface area contributed by atoms with Gasteiger partial charge in [-0.2, -0.15) is 0 Å². The molecular formula is C18H23NO2. The fourth-order valence-corrected chi connectivity index (χ4v) is 1.67. The average molecular weight is 285 g/mol. The summed E-state index contributed by atoms with van der Waals surface area (Å²) in [7, 11) is 0. The van der Waals surface area contributed by atoms with Crippen molar-refractivity contribution >= 4 is 6.29 Å². The lowest BCUT2D eigenvalue weighted by Gasteiger charge is -2.02. The largest absolute Gasteiger partial charge is 0.494 e. The van der Waals surface area contributed by atoms with Crippen molar-refractivity contribution in [2.45, 2.75) is 19.8 Å². The van der Waals surface area contributed by atoms with Gasteiger partial charge in [-0.1, -0.05) is 37.3 Å². The Kier molecular flexibility index (Phi) is 8.57. The van der Waals surface area contributed by atoms with Crippen LogP contribution < -0.4 is 10.5 Å². The van der Waals surface area contributed by atoms with E-state index in [-0.39, 0.29) is 0 Å². The van der Waals surface area contributed by atoms with E-state index in [1.807, 2.05) is 18.2 Å². The molecule has 0 heterocycles. The Bertz CT molecular complexity index is 494. The summed E-state index contributed by atoms with van der Waals surface area (Å²) >= 11 is 0. The molecule has 21 heavy (non-hydrogen) atoms. The van der Waals surface area contributed by atoms with Crippen LogP contribution in [-0.4, -0.2) is 19.4 Å². The van der Waals surface area contributed by atoms with Crippen molar-refractivity contribution in [2.24, 2.45) is 5.73 Å². The molecule has 3 nitrogen and oxygen atoms in total. The minimum Gasteiger partial charge on any atom is -0.494 e. The fourth-order valence-electron chi connectivity index (χ4n) is 1.67. The van der Waals surface area contributed by atoms with Crippen molar-refractivity contribution in [3.63, 3.8) is 0 Å². The van der Waals surface area contributed by atoms with Gasteiger partial charge in [0, 0.05) is 5.56 Å². The number of hydrogen-bond donors (Lipinski definition) is 1. The third-order valence-electron chi connectivity index (χ3n) is 2.76. The Balaban J connectivity index is 0.000000219. The molecule has 0 spiro atoms. The Hall–Kier alpha value is -2.13. The van der Waals surface area contributed by atoms with Gasteiger partial charge >= 0.3 is 0 Å². The molecule has 0 saturated carbocycles. The van der Waals surface area contributed by atoms with Gasteiger partial charge in [0.1, 0.15) is 12.0 Å². The monoisotopic (exact) mass is 285 g/mol. The van der Waals surface area contributed by atoms with E-state index in [1.54, 1.807) is 24.3 Å². The first-order valence-electron chi connectivity index (χ1n) is 7.22. The quantitative estimate of drug-likeness (QED) is 0.827. The molecule has 0 saturated heterocycles. The molecule has 0 unspecified atom stereocenters. The van der Waals surface area contributed by atoms with E-state index in [9.17, 15) is 4.79 Å². The average Bonchev–Trinajstić information content (AvgIpc) is 2.55. The molecule has 0 aromatic heterocycles. The topological polar surface area (TPSA) is 52.3 Å². The summed E-state index contributed by atoms with van der Waals surface area (Å²) < 4.78 is 5.34. The van der Waals surface area contributed by atoms with Gasteiger partial charge in [-0.3, -0.25) is 4.79 Å². The maximum absolute atomic E-state index is 10.3. The van der Waals surface area contributed by atoms with Gasteiger partial charge < -0.3 is 10.5 Å². The zero-order chi connectivity index (χ0) is 15.3. The van der Waals surface area contributed by atoms with E-state index < -0.39 is 0 Å². The van der Waals surface area contributed by atoms with Gasteiger partial charge in [0.15, 0.2) is 0 Å². The van der Waals surface area contributed by atoms with Gasteiger partial charge in [0.25, 0.3) is 0 Å². The lowest BCUT2D eigenvalue weighted by atomic mass is 10.2. The molecule has 2 rings (SSSR count). The maximum atomic E-state index is 10.3.